The van der Waals surface area contributed by atoms with Crippen molar-refractivity contribution >= 4 is 5.97 Å². The first kappa shape index (κ1) is 13.7. The Labute approximate surface area is 124 Å². The van der Waals surface area contributed by atoms with Crippen LogP contribution in [-0.4, -0.2) is 11.1 Å². The summed E-state index contributed by atoms with van der Waals surface area (Å²) in [4.78, 5) is 11.3. The van der Waals surface area contributed by atoms with Gasteiger partial charge in [-0.2, -0.15) is 0 Å². The van der Waals surface area contributed by atoms with Gasteiger partial charge in [0.2, 0.25) is 0 Å². The van der Waals surface area contributed by atoms with Gasteiger partial charge >= 0.3 is 5.97 Å². The van der Waals surface area contributed by atoms with Crippen LogP contribution in [0, 0.1) is 6.92 Å². The lowest BCUT2D eigenvalue weighted by molar-refractivity contribution is 0.0694. The SMILES string of the molecule is Cc1cccc(C(=O)O)c1Oc1ccc2c(c1)CCCC2. The minimum Gasteiger partial charge on any atom is -0.478 e. The molecule has 0 fully saturated rings. The molecule has 3 nitrogen and oxygen atoms in total. The van der Waals surface area contributed by atoms with Crippen LogP contribution in [0.2, 0.25) is 0 Å². The highest BCUT2D eigenvalue weighted by atomic mass is 16.5. The fraction of sp³-hybridized carbons (Fsp3) is 0.278. The summed E-state index contributed by atoms with van der Waals surface area (Å²) in [6.45, 7) is 1.86. The van der Waals surface area contributed by atoms with E-state index in [9.17, 15) is 9.90 Å². The standard InChI is InChI=1S/C18H18O3/c1-12-5-4-8-16(18(19)20)17(12)21-15-10-9-13-6-2-3-7-14(13)11-15/h4-5,8-11H,2-3,6-7H2,1H3,(H,19,20). The molecule has 0 heterocycles. The van der Waals surface area contributed by atoms with E-state index in [2.05, 4.69) is 6.07 Å². The number of rotatable bonds is 3. The third-order valence-corrected chi connectivity index (χ3v) is 3.98. The molecule has 0 spiro atoms. The Hall–Kier alpha value is -2.29. The van der Waals surface area contributed by atoms with Crippen LogP contribution >= 0.6 is 0 Å². The molecule has 0 saturated carbocycles. The first-order chi connectivity index (χ1) is 10.1. The molecule has 0 atom stereocenters. The van der Waals surface area contributed by atoms with E-state index in [0.29, 0.717) is 11.5 Å². The van der Waals surface area contributed by atoms with Crippen molar-refractivity contribution in [1.82, 2.24) is 0 Å². The van der Waals surface area contributed by atoms with E-state index >= 15 is 0 Å². The Kier molecular flexibility index (Phi) is 3.65. The summed E-state index contributed by atoms with van der Waals surface area (Å²) >= 11 is 0. The molecule has 0 unspecified atom stereocenters. The number of hydrogen-bond donors (Lipinski definition) is 1. The molecule has 1 aliphatic rings. The zero-order chi connectivity index (χ0) is 14.8. The summed E-state index contributed by atoms with van der Waals surface area (Å²) in [5, 5.41) is 9.28. The molecule has 2 aromatic carbocycles. The average Bonchev–Trinajstić information content (AvgIpc) is 2.49. The van der Waals surface area contributed by atoms with E-state index in [0.717, 1.165) is 18.4 Å². The number of carboxylic acids is 1. The molecule has 0 radical (unpaired) electrons. The van der Waals surface area contributed by atoms with Gasteiger partial charge in [-0.1, -0.05) is 18.2 Å². The summed E-state index contributed by atoms with van der Waals surface area (Å²) < 4.78 is 5.89. The van der Waals surface area contributed by atoms with Crippen molar-refractivity contribution in [2.45, 2.75) is 32.6 Å². The van der Waals surface area contributed by atoms with Gasteiger partial charge < -0.3 is 9.84 Å². The van der Waals surface area contributed by atoms with Crippen molar-refractivity contribution < 1.29 is 14.6 Å². The third kappa shape index (κ3) is 2.77. The normalized spacial score (nSPS) is 13.6. The number of aromatic carboxylic acids is 1. The van der Waals surface area contributed by atoms with Crippen LogP contribution in [-0.2, 0) is 12.8 Å². The monoisotopic (exact) mass is 282 g/mol. The Morgan fingerprint density at radius 1 is 1.10 bits per heavy atom. The highest BCUT2D eigenvalue weighted by Crippen LogP contribution is 2.32. The Balaban J connectivity index is 1.95. The molecule has 0 aliphatic heterocycles. The number of para-hydroxylation sites is 1. The quantitative estimate of drug-likeness (QED) is 0.909. The summed E-state index contributed by atoms with van der Waals surface area (Å²) in [6.07, 6.45) is 4.65. The van der Waals surface area contributed by atoms with Crippen LogP contribution in [0.1, 0.15) is 39.9 Å². The Bertz CT molecular complexity index is 689. The lowest BCUT2D eigenvalue weighted by Gasteiger charge is -2.17. The van der Waals surface area contributed by atoms with Crippen molar-refractivity contribution in [2.75, 3.05) is 0 Å². The second-order valence-electron chi connectivity index (χ2n) is 5.50. The number of hydrogen-bond acceptors (Lipinski definition) is 2. The maximum absolute atomic E-state index is 11.3. The molecule has 108 valence electrons. The number of carbonyl (C=O) groups is 1. The molecule has 1 aliphatic carbocycles. The second kappa shape index (κ2) is 5.60. The highest BCUT2D eigenvalue weighted by Gasteiger charge is 2.15. The van der Waals surface area contributed by atoms with E-state index in [4.69, 9.17) is 4.74 Å². The molecular weight excluding hydrogens is 264 g/mol. The van der Waals surface area contributed by atoms with E-state index in [1.54, 1.807) is 12.1 Å². The van der Waals surface area contributed by atoms with E-state index < -0.39 is 5.97 Å². The Morgan fingerprint density at radius 2 is 1.86 bits per heavy atom. The lowest BCUT2D eigenvalue weighted by atomic mass is 9.92. The Morgan fingerprint density at radius 3 is 2.62 bits per heavy atom. The van der Waals surface area contributed by atoms with Crippen LogP contribution in [0.15, 0.2) is 36.4 Å². The summed E-state index contributed by atoms with van der Waals surface area (Å²) in [7, 11) is 0. The topological polar surface area (TPSA) is 46.5 Å². The van der Waals surface area contributed by atoms with Gasteiger partial charge in [0.15, 0.2) is 0 Å². The molecule has 3 rings (SSSR count). The maximum Gasteiger partial charge on any atom is 0.339 e. The fourth-order valence-electron chi connectivity index (χ4n) is 2.85. The number of fused-ring (bicyclic) bond motifs is 1. The number of aryl methyl sites for hydroxylation is 3. The van der Waals surface area contributed by atoms with Crippen molar-refractivity contribution in [3.05, 3.63) is 58.7 Å². The van der Waals surface area contributed by atoms with Crippen LogP contribution < -0.4 is 4.74 Å². The first-order valence-corrected chi connectivity index (χ1v) is 7.28. The van der Waals surface area contributed by atoms with Crippen LogP contribution in [0.5, 0.6) is 11.5 Å². The van der Waals surface area contributed by atoms with Crippen molar-refractivity contribution in [3.8, 4) is 11.5 Å². The molecule has 3 heteroatoms. The molecular formula is C18H18O3. The van der Waals surface area contributed by atoms with Gasteiger partial charge in [0, 0.05) is 0 Å². The molecule has 2 aromatic rings. The average molecular weight is 282 g/mol. The highest BCUT2D eigenvalue weighted by molar-refractivity contribution is 5.91. The number of benzene rings is 2. The minimum atomic E-state index is -0.966. The van der Waals surface area contributed by atoms with Crippen LogP contribution in [0.3, 0.4) is 0 Å². The maximum atomic E-state index is 11.3. The lowest BCUT2D eigenvalue weighted by Crippen LogP contribution is -2.04. The minimum absolute atomic E-state index is 0.202. The molecule has 0 aromatic heterocycles. The second-order valence-corrected chi connectivity index (χ2v) is 5.50. The van der Waals surface area contributed by atoms with Gasteiger partial charge in [-0.25, -0.2) is 4.79 Å². The molecule has 0 saturated heterocycles. The predicted octanol–water partition coefficient (Wildman–Crippen LogP) is 4.36. The van der Waals surface area contributed by atoms with Crippen molar-refractivity contribution in [2.24, 2.45) is 0 Å². The first-order valence-electron chi connectivity index (χ1n) is 7.28. The zero-order valence-electron chi connectivity index (χ0n) is 12.1. The number of ether oxygens (including phenoxy) is 1. The molecule has 1 N–H and O–H groups in total. The van der Waals surface area contributed by atoms with Crippen molar-refractivity contribution in [3.63, 3.8) is 0 Å². The summed E-state index contributed by atoms with van der Waals surface area (Å²) in [5.41, 5.74) is 3.74. The van der Waals surface area contributed by atoms with Gasteiger partial charge in [0.1, 0.15) is 17.1 Å². The van der Waals surface area contributed by atoms with Gasteiger partial charge in [-0.15, -0.1) is 0 Å². The third-order valence-electron chi connectivity index (χ3n) is 3.98. The summed E-state index contributed by atoms with van der Waals surface area (Å²) in [6, 6.07) is 11.2. The number of carboxylic acid groups (broad SMARTS) is 1. The van der Waals surface area contributed by atoms with Gasteiger partial charge in [0.05, 0.1) is 0 Å². The molecule has 0 amide bonds. The van der Waals surface area contributed by atoms with E-state index in [1.165, 1.54) is 24.0 Å². The van der Waals surface area contributed by atoms with E-state index in [1.807, 2.05) is 25.1 Å². The molecule has 21 heavy (non-hydrogen) atoms. The predicted molar refractivity (Wildman–Crippen MR) is 81.3 cm³/mol. The van der Waals surface area contributed by atoms with Gasteiger partial charge in [0.25, 0.3) is 0 Å². The van der Waals surface area contributed by atoms with Gasteiger partial charge in [-0.3, -0.25) is 0 Å². The zero-order valence-corrected chi connectivity index (χ0v) is 12.1. The fourth-order valence-corrected chi connectivity index (χ4v) is 2.85. The van der Waals surface area contributed by atoms with Gasteiger partial charge in [-0.05, 0) is 67.5 Å². The molecule has 0 bridgehead atoms. The van der Waals surface area contributed by atoms with Crippen LogP contribution in [0.4, 0.5) is 0 Å². The smallest absolute Gasteiger partial charge is 0.339 e. The summed E-state index contributed by atoms with van der Waals surface area (Å²) in [5.74, 6) is 0.180. The van der Waals surface area contributed by atoms with E-state index in [-0.39, 0.29) is 5.56 Å². The van der Waals surface area contributed by atoms with Crippen molar-refractivity contribution in [1.29, 1.82) is 0 Å². The largest absolute Gasteiger partial charge is 0.478 e. The van der Waals surface area contributed by atoms with Crippen LogP contribution in [0.25, 0.3) is 0 Å².